The Kier molecular flexibility index (Phi) is 4.30. The molecule has 2 heterocycles. The molecule has 0 amide bonds. The molecule has 11 heteroatoms. The maximum atomic E-state index is 12.8. The first kappa shape index (κ1) is 16.6. The van der Waals surface area contributed by atoms with Gasteiger partial charge in [-0.3, -0.25) is 4.68 Å². The van der Waals surface area contributed by atoms with Crippen LogP contribution in [0.1, 0.15) is 5.69 Å². The molecule has 0 saturated carbocycles. The van der Waals surface area contributed by atoms with E-state index in [0.29, 0.717) is 11.4 Å². The Morgan fingerprint density at radius 3 is 2.43 bits per heavy atom. The van der Waals surface area contributed by atoms with Crippen molar-refractivity contribution < 1.29 is 16.8 Å². The third-order valence-electron chi connectivity index (χ3n) is 3.40. The molecule has 1 aromatic heterocycles. The summed E-state index contributed by atoms with van der Waals surface area (Å²) in [6.07, 6.45) is 1.05. The van der Waals surface area contributed by atoms with Crippen molar-refractivity contribution in [1.29, 1.82) is 0 Å². The molecule has 1 atom stereocenters. The van der Waals surface area contributed by atoms with Crippen molar-refractivity contribution >= 4 is 37.4 Å². The predicted molar refractivity (Wildman–Crippen MR) is 82.2 cm³/mol. The molecule has 0 bridgehead atoms. The zero-order valence-electron chi connectivity index (χ0n) is 12.0. The summed E-state index contributed by atoms with van der Waals surface area (Å²) in [6, 6.07) is 0. The number of thioether (sulfide) groups is 1. The molecule has 0 radical (unpaired) electrons. The molecule has 0 aromatic carbocycles. The number of nitrogens with two attached hydrogens (primary N) is 1. The average molecular weight is 354 g/mol. The van der Waals surface area contributed by atoms with Crippen LogP contribution < -0.4 is 5.73 Å². The normalized spacial score (nSPS) is 21.6. The molecule has 1 fully saturated rings. The first-order valence-corrected chi connectivity index (χ1v) is 10.7. The monoisotopic (exact) mass is 354 g/mol. The number of sulfone groups is 1. The van der Waals surface area contributed by atoms with E-state index in [9.17, 15) is 16.8 Å². The summed E-state index contributed by atoms with van der Waals surface area (Å²) in [5.74, 6) is 0.655. The van der Waals surface area contributed by atoms with Crippen LogP contribution in [0.25, 0.3) is 0 Å². The van der Waals surface area contributed by atoms with E-state index in [1.54, 1.807) is 14.0 Å². The van der Waals surface area contributed by atoms with Crippen LogP contribution in [-0.2, 0) is 26.9 Å². The molecule has 1 saturated heterocycles. The molecule has 1 aliphatic rings. The zero-order valence-corrected chi connectivity index (χ0v) is 14.4. The third kappa shape index (κ3) is 2.91. The second kappa shape index (κ2) is 5.45. The van der Waals surface area contributed by atoms with E-state index in [0.717, 1.165) is 10.6 Å². The summed E-state index contributed by atoms with van der Waals surface area (Å²) in [7, 11) is -5.94. The van der Waals surface area contributed by atoms with Gasteiger partial charge in [-0.2, -0.15) is 21.2 Å². The van der Waals surface area contributed by atoms with Crippen LogP contribution >= 0.6 is 11.8 Å². The third-order valence-corrected chi connectivity index (χ3v) is 8.25. The van der Waals surface area contributed by atoms with Gasteiger partial charge in [0.25, 0.3) is 0 Å². The Morgan fingerprint density at radius 2 is 1.95 bits per heavy atom. The van der Waals surface area contributed by atoms with E-state index in [-0.39, 0.29) is 23.0 Å². The summed E-state index contributed by atoms with van der Waals surface area (Å²) in [6.45, 7) is 1.73. The van der Waals surface area contributed by atoms with Crippen LogP contribution in [0.3, 0.4) is 0 Å². The number of sulfonamides is 1. The summed E-state index contributed by atoms with van der Waals surface area (Å²) >= 11 is 1.42. The first-order chi connectivity index (χ1) is 9.56. The van der Waals surface area contributed by atoms with E-state index >= 15 is 0 Å². The fourth-order valence-electron chi connectivity index (χ4n) is 2.23. The fourth-order valence-corrected chi connectivity index (χ4v) is 7.69. The minimum Gasteiger partial charge on any atom is -0.381 e. The highest BCUT2D eigenvalue weighted by Gasteiger charge is 2.41. The highest BCUT2D eigenvalue weighted by molar-refractivity contribution is 8.01. The number of nitrogen functional groups attached to an aromatic ring is 1. The second-order valence-corrected chi connectivity index (χ2v) is 10.1. The lowest BCUT2D eigenvalue weighted by atomic mass is 10.5. The van der Waals surface area contributed by atoms with Crippen molar-refractivity contribution in [3.8, 4) is 0 Å². The van der Waals surface area contributed by atoms with Gasteiger partial charge >= 0.3 is 0 Å². The number of anilines is 1. The number of aromatic nitrogens is 2. The molecule has 2 rings (SSSR count). The summed E-state index contributed by atoms with van der Waals surface area (Å²) in [5.41, 5.74) is 6.08. The Bertz CT molecular complexity index is 754. The van der Waals surface area contributed by atoms with Gasteiger partial charge in [-0.15, -0.1) is 0 Å². The molecule has 0 aliphatic carbocycles. The molecule has 120 valence electrons. The van der Waals surface area contributed by atoms with E-state index in [4.69, 9.17) is 5.73 Å². The van der Waals surface area contributed by atoms with Crippen LogP contribution in [0.5, 0.6) is 0 Å². The highest BCUT2D eigenvalue weighted by atomic mass is 32.2. The summed E-state index contributed by atoms with van der Waals surface area (Å²) in [5, 5.41) is 2.82. The van der Waals surface area contributed by atoms with Gasteiger partial charge in [0.15, 0.2) is 15.7 Å². The molecule has 2 N–H and O–H groups in total. The van der Waals surface area contributed by atoms with Gasteiger partial charge in [-0.25, -0.2) is 16.8 Å². The van der Waals surface area contributed by atoms with Crippen LogP contribution in [0.4, 0.5) is 5.82 Å². The molecule has 1 aliphatic heterocycles. The maximum absolute atomic E-state index is 12.8. The lowest BCUT2D eigenvalue weighted by molar-refractivity contribution is 0.404. The molecular formula is C10H18N4O4S3. The van der Waals surface area contributed by atoms with Crippen molar-refractivity contribution in [3.63, 3.8) is 0 Å². The molecule has 8 nitrogen and oxygen atoms in total. The van der Waals surface area contributed by atoms with Gasteiger partial charge in [0.2, 0.25) is 10.0 Å². The Labute approximate surface area is 128 Å². The number of nitrogens with zero attached hydrogens (tertiary/aromatic N) is 3. The second-order valence-electron chi connectivity index (χ2n) is 4.90. The van der Waals surface area contributed by atoms with Gasteiger partial charge in [-0.05, 0) is 6.92 Å². The standard InChI is InChI=1S/C10H18N4O4S3/c1-7-9(10(11)12-13(7)2)21(17,18)14-4-5-19-6-8(14)20(3,15)16/h8H,4-6H2,1-3H3,(H2,11,12). The fraction of sp³-hybridized carbons (Fsp3) is 0.700. The van der Waals surface area contributed by atoms with E-state index in [1.165, 1.54) is 16.4 Å². The molecule has 21 heavy (non-hydrogen) atoms. The Morgan fingerprint density at radius 1 is 1.33 bits per heavy atom. The largest absolute Gasteiger partial charge is 0.381 e. The van der Waals surface area contributed by atoms with Crippen LogP contribution in [0.15, 0.2) is 4.90 Å². The lowest BCUT2D eigenvalue weighted by Crippen LogP contribution is -2.49. The zero-order chi connectivity index (χ0) is 16.0. The number of hydrogen-bond donors (Lipinski definition) is 1. The SMILES string of the molecule is Cc1c(S(=O)(=O)N2CCSCC2S(C)(=O)=O)c(N)nn1C. The number of rotatable bonds is 3. The number of aryl methyl sites for hydroxylation is 1. The highest BCUT2D eigenvalue weighted by Crippen LogP contribution is 2.31. The molecule has 1 aromatic rings. The van der Waals surface area contributed by atoms with Crippen molar-refractivity contribution in [3.05, 3.63) is 5.69 Å². The minimum atomic E-state index is -4.00. The Balaban J connectivity index is 2.56. The van der Waals surface area contributed by atoms with Crippen molar-refractivity contribution in [1.82, 2.24) is 14.1 Å². The van der Waals surface area contributed by atoms with Gasteiger partial charge < -0.3 is 5.73 Å². The van der Waals surface area contributed by atoms with Crippen LogP contribution in [0.2, 0.25) is 0 Å². The minimum absolute atomic E-state index is 0.106. The van der Waals surface area contributed by atoms with Crippen LogP contribution in [0, 0.1) is 6.92 Å². The summed E-state index contributed by atoms with van der Waals surface area (Å²) in [4.78, 5) is -0.106. The molecule has 1 unspecified atom stereocenters. The average Bonchev–Trinajstić information content (AvgIpc) is 2.62. The number of hydrogen-bond acceptors (Lipinski definition) is 7. The molecular weight excluding hydrogens is 336 g/mol. The molecule has 0 spiro atoms. The van der Waals surface area contributed by atoms with Crippen molar-refractivity contribution in [2.45, 2.75) is 17.2 Å². The van der Waals surface area contributed by atoms with Crippen LogP contribution in [-0.4, -0.2) is 60.6 Å². The maximum Gasteiger partial charge on any atom is 0.249 e. The topological polar surface area (TPSA) is 115 Å². The Hall–Kier alpha value is -0.780. The quantitative estimate of drug-likeness (QED) is 0.772. The van der Waals surface area contributed by atoms with Gasteiger partial charge in [0.05, 0.1) is 5.69 Å². The lowest BCUT2D eigenvalue weighted by Gasteiger charge is -2.32. The van der Waals surface area contributed by atoms with Crippen molar-refractivity contribution in [2.75, 3.05) is 30.0 Å². The van der Waals surface area contributed by atoms with Gasteiger partial charge in [-0.1, -0.05) is 0 Å². The first-order valence-electron chi connectivity index (χ1n) is 6.14. The van der Waals surface area contributed by atoms with Gasteiger partial charge in [0.1, 0.15) is 10.3 Å². The van der Waals surface area contributed by atoms with E-state index in [2.05, 4.69) is 5.10 Å². The smallest absolute Gasteiger partial charge is 0.249 e. The van der Waals surface area contributed by atoms with Crippen molar-refractivity contribution in [2.24, 2.45) is 7.05 Å². The van der Waals surface area contributed by atoms with E-state index < -0.39 is 25.2 Å². The predicted octanol–water partition coefficient (Wildman–Crippen LogP) is -0.581. The van der Waals surface area contributed by atoms with Gasteiger partial charge in [0, 0.05) is 31.4 Å². The van der Waals surface area contributed by atoms with E-state index in [1.807, 2.05) is 0 Å². The summed E-state index contributed by atoms with van der Waals surface area (Å²) < 4.78 is 51.8.